The third-order valence-corrected chi connectivity index (χ3v) is 8.24. The molecule has 7 rings (SSSR count). The fraction of sp³-hybridized carbons (Fsp3) is 0.135. The molecule has 2 aliphatic carbocycles. The topological polar surface area (TPSA) is 25.8 Å². The van der Waals surface area contributed by atoms with Gasteiger partial charge in [0.2, 0.25) is 0 Å². The number of allylic oxidation sites excluding steroid dienone is 4. The maximum Gasteiger partial charge on any atom is 0.160 e. The van der Waals surface area contributed by atoms with Crippen LogP contribution < -0.4 is 0 Å². The fourth-order valence-electron chi connectivity index (χ4n) is 6.18. The molecule has 39 heavy (non-hydrogen) atoms. The van der Waals surface area contributed by atoms with E-state index in [1.54, 1.807) is 0 Å². The van der Waals surface area contributed by atoms with Gasteiger partial charge in [0.15, 0.2) is 5.82 Å². The van der Waals surface area contributed by atoms with E-state index < -0.39 is 0 Å². The molecule has 0 N–H and O–H groups in total. The first kappa shape index (κ1) is 23.5. The second-order valence-electron chi connectivity index (χ2n) is 11.0. The van der Waals surface area contributed by atoms with Crippen LogP contribution in [-0.4, -0.2) is 9.97 Å². The summed E-state index contributed by atoms with van der Waals surface area (Å²) < 4.78 is 0. The zero-order valence-electron chi connectivity index (χ0n) is 22.4. The molecular formula is C37H30N2. The summed E-state index contributed by atoms with van der Waals surface area (Å²) in [5.74, 6) is 0.745. The highest BCUT2D eigenvalue weighted by molar-refractivity contribution is 5.89. The summed E-state index contributed by atoms with van der Waals surface area (Å²) in [4.78, 5) is 10.0. The lowest BCUT2D eigenvalue weighted by Gasteiger charge is -2.26. The molecule has 188 valence electrons. The molecule has 0 radical (unpaired) electrons. The van der Waals surface area contributed by atoms with Crippen molar-refractivity contribution in [1.29, 1.82) is 0 Å². The number of hydrogen-bond donors (Lipinski definition) is 0. The number of benzene rings is 4. The molecule has 0 saturated carbocycles. The van der Waals surface area contributed by atoms with Gasteiger partial charge in [0, 0.05) is 22.1 Å². The molecule has 2 nitrogen and oxygen atoms in total. The van der Waals surface area contributed by atoms with E-state index in [-0.39, 0.29) is 5.41 Å². The third kappa shape index (κ3) is 4.13. The first-order valence-electron chi connectivity index (χ1n) is 13.7. The Morgan fingerprint density at radius 1 is 0.564 bits per heavy atom. The van der Waals surface area contributed by atoms with Crippen LogP contribution >= 0.6 is 0 Å². The summed E-state index contributed by atoms with van der Waals surface area (Å²) in [6.45, 7) is 4.72. The largest absolute Gasteiger partial charge is 0.228 e. The zero-order chi connectivity index (χ0) is 26.4. The number of aromatic nitrogens is 2. The van der Waals surface area contributed by atoms with Crippen LogP contribution in [0, 0.1) is 0 Å². The van der Waals surface area contributed by atoms with Crippen molar-refractivity contribution < 1.29 is 0 Å². The van der Waals surface area contributed by atoms with Crippen molar-refractivity contribution in [2.45, 2.75) is 32.1 Å². The van der Waals surface area contributed by atoms with Crippen LogP contribution in [0.3, 0.4) is 0 Å². The normalized spacial score (nSPS) is 15.5. The molecule has 0 unspecified atom stereocenters. The summed E-state index contributed by atoms with van der Waals surface area (Å²) in [5, 5.41) is 0. The summed E-state index contributed by atoms with van der Waals surface area (Å²) in [6, 6.07) is 40.5. The highest BCUT2D eigenvalue weighted by Crippen LogP contribution is 2.51. The molecule has 2 aliphatic rings. The van der Waals surface area contributed by atoms with Gasteiger partial charge >= 0.3 is 0 Å². The van der Waals surface area contributed by atoms with Gasteiger partial charge in [-0.3, -0.25) is 0 Å². The fourth-order valence-corrected chi connectivity index (χ4v) is 6.18. The number of hydrogen-bond acceptors (Lipinski definition) is 2. The van der Waals surface area contributed by atoms with Crippen molar-refractivity contribution in [3.05, 3.63) is 144 Å². The van der Waals surface area contributed by atoms with Gasteiger partial charge in [-0.15, -0.1) is 0 Å². The van der Waals surface area contributed by atoms with E-state index in [2.05, 4.69) is 111 Å². The van der Waals surface area contributed by atoms with Crippen molar-refractivity contribution in [3.63, 3.8) is 0 Å². The predicted molar refractivity (Wildman–Crippen MR) is 162 cm³/mol. The minimum Gasteiger partial charge on any atom is -0.228 e. The molecule has 1 heterocycles. The van der Waals surface area contributed by atoms with E-state index in [0.29, 0.717) is 0 Å². The maximum absolute atomic E-state index is 5.05. The third-order valence-electron chi connectivity index (χ3n) is 8.24. The molecular weight excluding hydrogens is 472 g/mol. The number of fused-ring (bicyclic) bond motifs is 2. The molecule has 0 amide bonds. The molecule has 0 aliphatic heterocycles. The second kappa shape index (κ2) is 9.32. The quantitative estimate of drug-likeness (QED) is 0.245. The van der Waals surface area contributed by atoms with Crippen LogP contribution in [0.2, 0.25) is 0 Å². The minimum atomic E-state index is 0.0248. The Balaban J connectivity index is 1.32. The molecule has 0 bridgehead atoms. The highest BCUT2D eigenvalue weighted by atomic mass is 14.9. The van der Waals surface area contributed by atoms with E-state index in [4.69, 9.17) is 9.97 Å². The van der Waals surface area contributed by atoms with Crippen molar-refractivity contribution in [1.82, 2.24) is 9.97 Å². The maximum atomic E-state index is 5.05. The van der Waals surface area contributed by atoms with Crippen LogP contribution in [0.15, 0.2) is 127 Å². The Hall–Kier alpha value is -4.56. The lowest BCUT2D eigenvalue weighted by Crippen LogP contribution is -2.17. The smallest absolute Gasteiger partial charge is 0.160 e. The van der Waals surface area contributed by atoms with Crippen LogP contribution in [0.5, 0.6) is 0 Å². The summed E-state index contributed by atoms with van der Waals surface area (Å²) >= 11 is 0. The average molecular weight is 503 g/mol. The Kier molecular flexibility index (Phi) is 5.63. The lowest BCUT2D eigenvalue weighted by molar-refractivity contribution is 0.652. The van der Waals surface area contributed by atoms with E-state index in [9.17, 15) is 0 Å². The average Bonchev–Trinajstić information content (AvgIpc) is 3.24. The Labute approximate surface area is 230 Å². The Morgan fingerprint density at radius 2 is 1.18 bits per heavy atom. The summed E-state index contributed by atoms with van der Waals surface area (Å²) in [6.07, 6.45) is 4.58. The van der Waals surface area contributed by atoms with Gasteiger partial charge in [-0.2, -0.15) is 0 Å². The van der Waals surface area contributed by atoms with Gasteiger partial charge in [0.05, 0.1) is 11.4 Å². The van der Waals surface area contributed by atoms with Crippen LogP contribution in [0.1, 0.15) is 43.4 Å². The highest BCUT2D eigenvalue weighted by Gasteiger charge is 2.37. The summed E-state index contributed by atoms with van der Waals surface area (Å²) in [7, 11) is 0. The SMILES string of the molecule is CC1(C)C2=C(CCC(c3cccc(-c4cc(-c5ccccc5)nc(-c5ccccc5)n4)c3)=C2)c2ccccc21. The van der Waals surface area contributed by atoms with E-state index >= 15 is 0 Å². The molecule has 2 heteroatoms. The summed E-state index contributed by atoms with van der Waals surface area (Å²) in [5.41, 5.74) is 13.7. The molecule has 5 aromatic rings. The van der Waals surface area contributed by atoms with Crippen LogP contribution in [0.25, 0.3) is 45.0 Å². The van der Waals surface area contributed by atoms with E-state index in [1.807, 2.05) is 24.3 Å². The van der Waals surface area contributed by atoms with Crippen molar-refractivity contribution in [2.75, 3.05) is 0 Å². The van der Waals surface area contributed by atoms with Gasteiger partial charge in [0.25, 0.3) is 0 Å². The minimum absolute atomic E-state index is 0.0248. The number of nitrogens with zero attached hydrogens (tertiary/aromatic N) is 2. The molecule has 4 aromatic carbocycles. The van der Waals surface area contributed by atoms with E-state index in [0.717, 1.165) is 46.7 Å². The number of rotatable bonds is 4. The zero-order valence-corrected chi connectivity index (χ0v) is 22.4. The van der Waals surface area contributed by atoms with E-state index in [1.165, 1.54) is 33.4 Å². The van der Waals surface area contributed by atoms with Gasteiger partial charge in [-0.25, -0.2) is 9.97 Å². The molecule has 0 atom stereocenters. The van der Waals surface area contributed by atoms with Gasteiger partial charge < -0.3 is 0 Å². The van der Waals surface area contributed by atoms with Gasteiger partial charge in [-0.05, 0) is 58.4 Å². The lowest BCUT2D eigenvalue weighted by atomic mass is 9.78. The molecule has 0 spiro atoms. The van der Waals surface area contributed by atoms with Crippen LogP contribution in [0.4, 0.5) is 0 Å². The van der Waals surface area contributed by atoms with Crippen molar-refractivity contribution in [2.24, 2.45) is 0 Å². The second-order valence-corrected chi connectivity index (χ2v) is 11.0. The van der Waals surface area contributed by atoms with Crippen molar-refractivity contribution in [3.8, 4) is 33.9 Å². The van der Waals surface area contributed by atoms with Crippen LogP contribution in [-0.2, 0) is 5.41 Å². The molecule has 0 fully saturated rings. The molecule has 1 aromatic heterocycles. The Bertz CT molecular complexity index is 1700. The van der Waals surface area contributed by atoms with Crippen molar-refractivity contribution >= 4 is 11.1 Å². The van der Waals surface area contributed by atoms with Gasteiger partial charge in [-0.1, -0.05) is 123 Å². The monoisotopic (exact) mass is 502 g/mol. The molecule has 0 saturated heterocycles. The Morgan fingerprint density at radius 3 is 1.95 bits per heavy atom. The van der Waals surface area contributed by atoms with Gasteiger partial charge in [0.1, 0.15) is 0 Å². The first-order chi connectivity index (χ1) is 19.1. The standard InChI is InChI=1S/C37H30N2/c1-37(2)32-19-10-9-18-30(32)31-21-20-28(23-33(31)37)27-16-11-17-29(22-27)35-24-34(25-12-5-3-6-13-25)38-36(39-35)26-14-7-4-8-15-26/h3-19,22-24H,20-21H2,1-2H3. The predicted octanol–water partition coefficient (Wildman–Crippen LogP) is 9.40. The first-order valence-corrected chi connectivity index (χ1v) is 13.7.